The normalized spacial score (nSPS) is 13.7. The first kappa shape index (κ1) is 15.7. The van der Waals surface area contributed by atoms with Crippen LogP contribution in [0.25, 0.3) is 10.9 Å². The van der Waals surface area contributed by atoms with Gasteiger partial charge >= 0.3 is 0 Å². The molecule has 21 heavy (non-hydrogen) atoms. The van der Waals surface area contributed by atoms with Gasteiger partial charge in [0.15, 0.2) is 0 Å². The van der Waals surface area contributed by atoms with E-state index in [4.69, 9.17) is 5.73 Å². The third-order valence-electron chi connectivity index (χ3n) is 3.54. The Kier molecular flexibility index (Phi) is 4.49. The number of hydrogen-bond donors (Lipinski definition) is 2. The molecule has 1 aromatic carbocycles. The highest BCUT2D eigenvalue weighted by atomic mass is 32.2. The number of rotatable bonds is 5. The number of pyridine rings is 1. The number of nitrogens with one attached hydrogen (secondary N) is 1. The SMILES string of the molecule is CCC(NS(=O)(=O)c1ccc2nc(N)ccc2c1)C(C)C. The van der Waals surface area contributed by atoms with Crippen molar-refractivity contribution in [2.24, 2.45) is 5.92 Å². The molecule has 0 saturated heterocycles. The zero-order chi connectivity index (χ0) is 15.6. The zero-order valence-corrected chi connectivity index (χ0v) is 13.3. The Bertz CT molecular complexity index is 742. The molecule has 0 aliphatic carbocycles. The van der Waals surface area contributed by atoms with Gasteiger partial charge in [0.25, 0.3) is 0 Å². The average molecular weight is 307 g/mol. The largest absolute Gasteiger partial charge is 0.384 e. The highest BCUT2D eigenvalue weighted by Gasteiger charge is 2.21. The molecular weight excluding hydrogens is 286 g/mol. The summed E-state index contributed by atoms with van der Waals surface area (Å²) in [5.41, 5.74) is 6.31. The van der Waals surface area contributed by atoms with Crippen molar-refractivity contribution < 1.29 is 8.42 Å². The smallest absolute Gasteiger partial charge is 0.240 e. The summed E-state index contributed by atoms with van der Waals surface area (Å²) in [6.07, 6.45) is 0.753. The molecule has 0 radical (unpaired) electrons. The number of hydrogen-bond acceptors (Lipinski definition) is 4. The quantitative estimate of drug-likeness (QED) is 0.889. The van der Waals surface area contributed by atoms with Crippen LogP contribution >= 0.6 is 0 Å². The number of fused-ring (bicyclic) bond motifs is 1. The lowest BCUT2D eigenvalue weighted by Gasteiger charge is -2.20. The number of nitrogens with zero attached hydrogens (tertiary/aromatic N) is 1. The molecule has 0 saturated carbocycles. The Morgan fingerprint density at radius 1 is 1.24 bits per heavy atom. The van der Waals surface area contributed by atoms with E-state index < -0.39 is 10.0 Å². The second-order valence-electron chi connectivity index (χ2n) is 5.47. The van der Waals surface area contributed by atoms with Gasteiger partial charge in [-0.05, 0) is 42.7 Å². The Balaban J connectivity index is 2.38. The minimum absolute atomic E-state index is 0.0739. The predicted octanol–water partition coefficient (Wildman–Crippen LogP) is 2.53. The van der Waals surface area contributed by atoms with Crippen LogP contribution in [0.2, 0.25) is 0 Å². The summed E-state index contributed by atoms with van der Waals surface area (Å²) in [6.45, 7) is 5.98. The molecule has 0 fully saturated rings. The number of nitrogens with two attached hydrogens (primary N) is 1. The summed E-state index contributed by atoms with van der Waals surface area (Å²) >= 11 is 0. The van der Waals surface area contributed by atoms with Gasteiger partial charge in [0, 0.05) is 11.4 Å². The van der Waals surface area contributed by atoms with E-state index in [0.717, 1.165) is 11.8 Å². The first-order valence-electron chi connectivity index (χ1n) is 7.02. The predicted molar refractivity (Wildman–Crippen MR) is 85.4 cm³/mol. The third-order valence-corrected chi connectivity index (χ3v) is 5.03. The molecule has 1 aromatic heterocycles. The van der Waals surface area contributed by atoms with Gasteiger partial charge in [-0.1, -0.05) is 20.8 Å². The number of sulfonamides is 1. The highest BCUT2D eigenvalue weighted by Crippen LogP contribution is 2.20. The van der Waals surface area contributed by atoms with E-state index in [1.54, 1.807) is 30.3 Å². The van der Waals surface area contributed by atoms with E-state index in [0.29, 0.717) is 11.3 Å². The van der Waals surface area contributed by atoms with Gasteiger partial charge in [0.1, 0.15) is 5.82 Å². The van der Waals surface area contributed by atoms with Crippen LogP contribution in [0.15, 0.2) is 35.2 Å². The van der Waals surface area contributed by atoms with E-state index in [1.165, 1.54) is 0 Å². The van der Waals surface area contributed by atoms with Gasteiger partial charge in [0.05, 0.1) is 10.4 Å². The standard InChI is InChI=1S/C15H21N3O2S/c1-4-13(10(2)3)18-21(19,20)12-6-7-14-11(9-12)5-8-15(16)17-14/h5-10,13,18H,4H2,1-3H3,(H2,16,17). The maximum Gasteiger partial charge on any atom is 0.240 e. The third kappa shape index (κ3) is 3.51. The number of benzene rings is 1. The zero-order valence-electron chi connectivity index (χ0n) is 12.5. The lowest BCUT2D eigenvalue weighted by Crippen LogP contribution is -2.37. The Morgan fingerprint density at radius 2 is 1.95 bits per heavy atom. The van der Waals surface area contributed by atoms with Crippen molar-refractivity contribution in [3.05, 3.63) is 30.3 Å². The van der Waals surface area contributed by atoms with E-state index in [-0.39, 0.29) is 16.9 Å². The van der Waals surface area contributed by atoms with E-state index in [9.17, 15) is 8.42 Å². The molecule has 0 aliphatic heterocycles. The molecule has 114 valence electrons. The highest BCUT2D eigenvalue weighted by molar-refractivity contribution is 7.89. The van der Waals surface area contributed by atoms with Gasteiger partial charge in [-0.15, -0.1) is 0 Å². The average Bonchev–Trinajstić information content (AvgIpc) is 2.43. The summed E-state index contributed by atoms with van der Waals surface area (Å²) < 4.78 is 27.7. The van der Waals surface area contributed by atoms with Crippen LogP contribution in [0.1, 0.15) is 27.2 Å². The molecule has 6 heteroatoms. The van der Waals surface area contributed by atoms with E-state index in [2.05, 4.69) is 9.71 Å². The molecule has 0 bridgehead atoms. The summed E-state index contributed by atoms with van der Waals surface area (Å²) in [6, 6.07) is 8.22. The van der Waals surface area contributed by atoms with Gasteiger partial charge in [0.2, 0.25) is 10.0 Å². The molecule has 2 rings (SSSR count). The van der Waals surface area contributed by atoms with Crippen LogP contribution < -0.4 is 10.5 Å². The number of anilines is 1. The summed E-state index contributed by atoms with van der Waals surface area (Å²) in [4.78, 5) is 4.42. The minimum atomic E-state index is -3.53. The van der Waals surface area contributed by atoms with Crippen molar-refractivity contribution in [3.63, 3.8) is 0 Å². The minimum Gasteiger partial charge on any atom is -0.384 e. The van der Waals surface area contributed by atoms with Crippen LogP contribution in [0, 0.1) is 5.92 Å². The Morgan fingerprint density at radius 3 is 2.57 bits per heavy atom. The summed E-state index contributed by atoms with van der Waals surface area (Å²) in [5.74, 6) is 0.661. The first-order chi connectivity index (χ1) is 9.83. The molecule has 5 nitrogen and oxygen atoms in total. The van der Waals surface area contributed by atoms with Crippen LogP contribution in [0.4, 0.5) is 5.82 Å². The first-order valence-corrected chi connectivity index (χ1v) is 8.50. The molecule has 1 atom stereocenters. The van der Waals surface area contributed by atoms with Gasteiger partial charge in [-0.25, -0.2) is 18.1 Å². The van der Waals surface area contributed by atoms with Crippen molar-refractivity contribution in [1.82, 2.24) is 9.71 Å². The summed E-state index contributed by atoms with van der Waals surface area (Å²) in [7, 11) is -3.53. The molecule has 1 heterocycles. The topological polar surface area (TPSA) is 85.1 Å². The van der Waals surface area contributed by atoms with Gasteiger partial charge < -0.3 is 5.73 Å². The second kappa shape index (κ2) is 5.99. The number of nitrogen functional groups attached to an aromatic ring is 1. The molecule has 0 spiro atoms. The van der Waals surface area contributed by atoms with Crippen LogP contribution in [-0.2, 0) is 10.0 Å². The lowest BCUT2D eigenvalue weighted by molar-refractivity contribution is 0.437. The van der Waals surface area contributed by atoms with Crippen molar-refractivity contribution in [2.45, 2.75) is 38.1 Å². The lowest BCUT2D eigenvalue weighted by atomic mass is 10.0. The molecular formula is C15H21N3O2S. The van der Waals surface area contributed by atoms with Crippen molar-refractivity contribution in [3.8, 4) is 0 Å². The van der Waals surface area contributed by atoms with Crippen molar-refractivity contribution >= 4 is 26.7 Å². The Labute approximate surface area is 125 Å². The van der Waals surface area contributed by atoms with Crippen LogP contribution in [-0.4, -0.2) is 19.4 Å². The maximum absolute atomic E-state index is 12.5. The molecule has 2 aromatic rings. The molecule has 0 aliphatic rings. The fourth-order valence-electron chi connectivity index (χ4n) is 2.24. The fraction of sp³-hybridized carbons (Fsp3) is 0.400. The fourth-order valence-corrected chi connectivity index (χ4v) is 3.75. The van der Waals surface area contributed by atoms with Crippen molar-refractivity contribution in [2.75, 3.05) is 5.73 Å². The van der Waals surface area contributed by atoms with E-state index >= 15 is 0 Å². The number of aromatic nitrogens is 1. The van der Waals surface area contributed by atoms with Gasteiger partial charge in [-0.3, -0.25) is 0 Å². The molecule has 1 unspecified atom stereocenters. The van der Waals surface area contributed by atoms with Crippen molar-refractivity contribution in [1.29, 1.82) is 0 Å². The summed E-state index contributed by atoms with van der Waals surface area (Å²) in [5, 5.41) is 0.754. The second-order valence-corrected chi connectivity index (χ2v) is 7.18. The Hall–Kier alpha value is -1.66. The van der Waals surface area contributed by atoms with Crippen LogP contribution in [0.3, 0.4) is 0 Å². The maximum atomic E-state index is 12.5. The molecule has 0 amide bonds. The van der Waals surface area contributed by atoms with Gasteiger partial charge in [-0.2, -0.15) is 0 Å². The monoisotopic (exact) mass is 307 g/mol. The van der Waals surface area contributed by atoms with E-state index in [1.807, 2.05) is 20.8 Å². The van der Waals surface area contributed by atoms with Crippen LogP contribution in [0.5, 0.6) is 0 Å². The molecule has 3 N–H and O–H groups in total.